The molecule has 0 unspecified atom stereocenters. The Morgan fingerprint density at radius 1 is 1.30 bits per heavy atom. The number of ether oxygens (including phenoxy) is 1. The van der Waals surface area contributed by atoms with Crippen LogP contribution in [0.4, 0.5) is 11.8 Å². The predicted molar refractivity (Wildman–Crippen MR) is 81.8 cm³/mol. The first-order valence-corrected chi connectivity index (χ1v) is 6.68. The third-order valence-corrected chi connectivity index (χ3v) is 3.12. The fourth-order valence-corrected chi connectivity index (χ4v) is 1.99. The maximum atomic E-state index is 6.05. The van der Waals surface area contributed by atoms with Gasteiger partial charge in [0.05, 0.1) is 13.3 Å². The van der Waals surface area contributed by atoms with Gasteiger partial charge in [0.1, 0.15) is 16.6 Å². The number of aromatic nitrogens is 2. The highest BCUT2D eigenvalue weighted by molar-refractivity contribution is 6.32. The summed E-state index contributed by atoms with van der Waals surface area (Å²) < 4.78 is 5.32. The molecule has 0 saturated carbocycles. The van der Waals surface area contributed by atoms with Crippen molar-refractivity contribution in [3.05, 3.63) is 41.0 Å². The van der Waals surface area contributed by atoms with Crippen LogP contribution in [0, 0.1) is 0 Å². The van der Waals surface area contributed by atoms with Gasteiger partial charge in [-0.3, -0.25) is 0 Å². The van der Waals surface area contributed by atoms with Crippen LogP contribution in [-0.2, 0) is 6.42 Å². The van der Waals surface area contributed by atoms with Crippen LogP contribution >= 0.6 is 11.6 Å². The van der Waals surface area contributed by atoms with E-state index in [1.54, 1.807) is 20.4 Å². The van der Waals surface area contributed by atoms with Gasteiger partial charge in [-0.2, -0.15) is 4.98 Å². The van der Waals surface area contributed by atoms with E-state index < -0.39 is 0 Å². The van der Waals surface area contributed by atoms with Crippen LogP contribution in [0.5, 0.6) is 5.75 Å². The van der Waals surface area contributed by atoms with Crippen LogP contribution in [0.25, 0.3) is 0 Å². The molecule has 0 aliphatic carbocycles. The molecular formula is C14H17ClN4O. The molecule has 1 aromatic carbocycles. The minimum absolute atomic E-state index is 0.504. The summed E-state index contributed by atoms with van der Waals surface area (Å²) in [7, 11) is 3.44. The van der Waals surface area contributed by atoms with Gasteiger partial charge in [-0.15, -0.1) is 0 Å². The van der Waals surface area contributed by atoms with Crippen LogP contribution < -0.4 is 15.4 Å². The number of anilines is 2. The van der Waals surface area contributed by atoms with Crippen LogP contribution in [-0.4, -0.2) is 30.7 Å². The zero-order chi connectivity index (χ0) is 14.4. The average Bonchev–Trinajstić information content (AvgIpc) is 2.49. The standard InChI is InChI=1S/C14H17ClN4O/c1-16-14-18-9-11(15)13(19-14)17-8-7-10-5-3-4-6-12(10)20-2/h3-6,9H,7-8H2,1-2H3,(H2,16,17,18,19). The van der Waals surface area contributed by atoms with Crippen molar-refractivity contribution in [2.45, 2.75) is 6.42 Å². The first-order chi connectivity index (χ1) is 9.74. The van der Waals surface area contributed by atoms with Gasteiger partial charge in [0, 0.05) is 13.6 Å². The Labute approximate surface area is 123 Å². The van der Waals surface area contributed by atoms with Crippen LogP contribution in [0.3, 0.4) is 0 Å². The average molecular weight is 293 g/mol. The fraction of sp³-hybridized carbons (Fsp3) is 0.286. The Kier molecular flexibility index (Phi) is 5.01. The monoisotopic (exact) mass is 292 g/mol. The number of para-hydroxylation sites is 1. The highest BCUT2D eigenvalue weighted by Gasteiger charge is 2.05. The second-order valence-electron chi connectivity index (χ2n) is 4.13. The van der Waals surface area contributed by atoms with Crippen LogP contribution in [0.15, 0.2) is 30.5 Å². The molecular weight excluding hydrogens is 276 g/mol. The van der Waals surface area contributed by atoms with E-state index in [2.05, 4.69) is 20.6 Å². The summed E-state index contributed by atoms with van der Waals surface area (Å²) in [5.74, 6) is 2.05. The Hall–Kier alpha value is -2.01. The Balaban J connectivity index is 1.99. The van der Waals surface area contributed by atoms with E-state index in [1.807, 2.05) is 24.3 Å². The molecule has 2 N–H and O–H groups in total. The van der Waals surface area contributed by atoms with Crippen LogP contribution in [0.1, 0.15) is 5.56 Å². The number of hydrogen-bond acceptors (Lipinski definition) is 5. The van der Waals surface area contributed by atoms with E-state index in [4.69, 9.17) is 16.3 Å². The Morgan fingerprint density at radius 2 is 2.10 bits per heavy atom. The molecule has 0 radical (unpaired) electrons. The lowest BCUT2D eigenvalue weighted by Crippen LogP contribution is -2.09. The van der Waals surface area contributed by atoms with Crippen molar-refractivity contribution in [2.75, 3.05) is 31.3 Å². The lowest BCUT2D eigenvalue weighted by molar-refractivity contribution is 0.410. The maximum Gasteiger partial charge on any atom is 0.224 e. The molecule has 2 aromatic rings. The zero-order valence-electron chi connectivity index (χ0n) is 11.5. The van der Waals surface area contributed by atoms with Gasteiger partial charge in [-0.05, 0) is 18.1 Å². The van der Waals surface area contributed by atoms with Crippen molar-refractivity contribution in [1.29, 1.82) is 0 Å². The van der Waals surface area contributed by atoms with Gasteiger partial charge in [0.2, 0.25) is 5.95 Å². The van der Waals surface area contributed by atoms with Crippen molar-refractivity contribution in [1.82, 2.24) is 9.97 Å². The topological polar surface area (TPSA) is 59.1 Å². The first kappa shape index (κ1) is 14.4. The van der Waals surface area contributed by atoms with E-state index in [9.17, 15) is 0 Å². The van der Waals surface area contributed by atoms with Gasteiger partial charge in [0.25, 0.3) is 0 Å². The normalized spacial score (nSPS) is 10.2. The highest BCUT2D eigenvalue weighted by atomic mass is 35.5. The highest BCUT2D eigenvalue weighted by Crippen LogP contribution is 2.21. The molecule has 0 atom stereocenters. The number of methoxy groups -OCH3 is 1. The van der Waals surface area contributed by atoms with Gasteiger partial charge >= 0.3 is 0 Å². The van der Waals surface area contributed by atoms with E-state index in [0.717, 1.165) is 17.7 Å². The van der Waals surface area contributed by atoms with Crippen molar-refractivity contribution >= 4 is 23.4 Å². The summed E-state index contributed by atoms with van der Waals surface area (Å²) in [5, 5.41) is 6.59. The summed E-state index contributed by atoms with van der Waals surface area (Å²) in [6.45, 7) is 0.709. The lowest BCUT2D eigenvalue weighted by atomic mass is 10.1. The number of hydrogen-bond donors (Lipinski definition) is 2. The summed E-state index contributed by atoms with van der Waals surface area (Å²) in [6.07, 6.45) is 2.39. The molecule has 0 fully saturated rings. The number of rotatable bonds is 6. The maximum absolute atomic E-state index is 6.05. The molecule has 0 aliphatic rings. The molecule has 0 bridgehead atoms. The van der Waals surface area contributed by atoms with E-state index in [-0.39, 0.29) is 0 Å². The quantitative estimate of drug-likeness (QED) is 0.857. The largest absolute Gasteiger partial charge is 0.496 e. The summed E-state index contributed by atoms with van der Waals surface area (Å²) in [6, 6.07) is 7.94. The fourth-order valence-electron chi connectivity index (χ4n) is 1.84. The zero-order valence-corrected chi connectivity index (χ0v) is 12.2. The van der Waals surface area contributed by atoms with Gasteiger partial charge in [0.15, 0.2) is 0 Å². The second kappa shape index (κ2) is 6.96. The Bertz CT molecular complexity index is 577. The smallest absolute Gasteiger partial charge is 0.224 e. The van der Waals surface area contributed by atoms with Gasteiger partial charge < -0.3 is 15.4 Å². The molecule has 1 heterocycles. The summed E-state index contributed by atoms with van der Waals surface area (Å²) >= 11 is 6.05. The van der Waals surface area contributed by atoms with Crippen LogP contribution in [0.2, 0.25) is 5.02 Å². The van der Waals surface area contributed by atoms with Crippen molar-refractivity contribution < 1.29 is 4.74 Å². The molecule has 0 spiro atoms. The SMILES string of the molecule is CNc1ncc(Cl)c(NCCc2ccccc2OC)n1. The molecule has 0 amide bonds. The molecule has 0 aliphatic heterocycles. The molecule has 2 rings (SSSR count). The minimum Gasteiger partial charge on any atom is -0.496 e. The van der Waals surface area contributed by atoms with Crippen molar-refractivity contribution in [3.63, 3.8) is 0 Å². The second-order valence-corrected chi connectivity index (χ2v) is 4.54. The van der Waals surface area contributed by atoms with Crippen molar-refractivity contribution in [2.24, 2.45) is 0 Å². The summed E-state index contributed by atoms with van der Waals surface area (Å²) in [5.41, 5.74) is 1.14. The molecule has 106 valence electrons. The van der Waals surface area contributed by atoms with E-state index in [0.29, 0.717) is 23.3 Å². The number of halogens is 1. The van der Waals surface area contributed by atoms with E-state index >= 15 is 0 Å². The molecule has 0 saturated heterocycles. The minimum atomic E-state index is 0.504. The number of benzene rings is 1. The summed E-state index contributed by atoms with van der Waals surface area (Å²) in [4.78, 5) is 8.30. The third kappa shape index (κ3) is 3.51. The molecule has 6 heteroatoms. The van der Waals surface area contributed by atoms with Gasteiger partial charge in [-0.1, -0.05) is 29.8 Å². The van der Waals surface area contributed by atoms with Gasteiger partial charge in [-0.25, -0.2) is 4.98 Å². The molecule has 5 nitrogen and oxygen atoms in total. The van der Waals surface area contributed by atoms with Crippen molar-refractivity contribution in [3.8, 4) is 5.75 Å². The van der Waals surface area contributed by atoms with E-state index in [1.165, 1.54) is 0 Å². The molecule has 1 aromatic heterocycles. The number of nitrogens with zero attached hydrogens (tertiary/aromatic N) is 2. The third-order valence-electron chi connectivity index (χ3n) is 2.85. The Morgan fingerprint density at radius 3 is 2.85 bits per heavy atom. The lowest BCUT2D eigenvalue weighted by Gasteiger charge is -2.10. The predicted octanol–water partition coefficient (Wildman–Crippen LogP) is 2.83. The number of nitrogens with one attached hydrogen (secondary N) is 2. The molecule has 20 heavy (non-hydrogen) atoms. The first-order valence-electron chi connectivity index (χ1n) is 6.30.